The highest BCUT2D eigenvalue weighted by Gasteiger charge is 1.95. The van der Waals surface area contributed by atoms with E-state index in [9.17, 15) is 4.79 Å². The van der Waals surface area contributed by atoms with E-state index in [1.807, 2.05) is 6.08 Å². The number of hydrogen-bond donors (Lipinski definition) is 1. The van der Waals surface area contributed by atoms with E-state index in [2.05, 4.69) is 6.58 Å². The summed E-state index contributed by atoms with van der Waals surface area (Å²) in [4.78, 5) is 10.6. The minimum absolute atomic E-state index is 0.0691. The lowest BCUT2D eigenvalue weighted by Gasteiger charge is -1.98. The summed E-state index contributed by atoms with van der Waals surface area (Å²) in [5, 5.41) is 8.62. The molecule has 0 saturated carbocycles. The quantitative estimate of drug-likeness (QED) is 0.445. The van der Waals surface area contributed by atoms with Gasteiger partial charge in [0.2, 0.25) is 0 Å². The van der Waals surface area contributed by atoms with Gasteiger partial charge in [0.1, 0.15) is 0 Å². The van der Waals surface area contributed by atoms with Crippen LogP contribution in [0.5, 0.6) is 0 Å². The van der Waals surface area contributed by atoms with Crippen LogP contribution in [0.15, 0.2) is 12.7 Å². The van der Waals surface area contributed by atoms with Crippen molar-refractivity contribution in [1.29, 1.82) is 0 Å². The molecule has 0 spiro atoms. The van der Waals surface area contributed by atoms with Crippen molar-refractivity contribution < 1.29 is 15.4 Å². The Hall–Kier alpha value is -0.790. The zero-order valence-corrected chi connectivity index (χ0v) is 7.88. The first-order chi connectivity index (χ1) is 7.75. The minimum Gasteiger partial charge on any atom is -0.481 e. The summed E-state index contributed by atoms with van der Waals surface area (Å²) in [5.41, 5.74) is 0. The average molecular weight is 188 g/mol. The number of carbonyl (C=O) groups is 1. The maximum atomic E-state index is 10.6. The molecule has 0 unspecified atom stereocenters. The molecule has 0 heterocycles. The van der Waals surface area contributed by atoms with Gasteiger partial charge in [0.05, 0.1) is 0 Å². The number of rotatable bonds is 9. The van der Waals surface area contributed by atoms with Crippen LogP contribution in [0.1, 0.15) is 56.8 Å². The molecule has 0 fully saturated rings. The lowest BCUT2D eigenvalue weighted by Crippen LogP contribution is -1.93. The summed E-state index contributed by atoms with van der Waals surface area (Å²) < 4.78 is 29.4. The van der Waals surface area contributed by atoms with E-state index < -0.39 is 18.7 Å². The van der Waals surface area contributed by atoms with Gasteiger partial charge in [0.25, 0.3) is 0 Å². The molecule has 2 nitrogen and oxygen atoms in total. The summed E-state index contributed by atoms with van der Waals surface area (Å²) in [5.74, 6) is -1.74. The number of aliphatic carboxylic acids is 1. The summed E-state index contributed by atoms with van der Waals surface area (Å²) in [6, 6.07) is 0. The van der Waals surface area contributed by atoms with Crippen molar-refractivity contribution in [2.75, 3.05) is 0 Å². The molecule has 0 atom stereocenters. The van der Waals surface area contributed by atoms with Gasteiger partial charge in [0, 0.05) is 11.9 Å². The molecule has 0 aliphatic carbocycles. The molecular weight excluding hydrogens is 164 g/mol. The Morgan fingerprint density at radius 1 is 1.31 bits per heavy atom. The molecule has 1 N–H and O–H groups in total. The SMILES string of the molecule is [2H]C([2H])(CCCCCCC=C)C([2H])([2H])C(=O)O. The number of hydrogen-bond acceptors (Lipinski definition) is 1. The van der Waals surface area contributed by atoms with Crippen LogP contribution in [0, 0.1) is 0 Å². The first kappa shape index (κ1) is 6.63. The second kappa shape index (κ2) is 9.30. The molecule has 13 heavy (non-hydrogen) atoms. The van der Waals surface area contributed by atoms with Gasteiger partial charge >= 0.3 is 5.97 Å². The maximum Gasteiger partial charge on any atom is 0.303 e. The van der Waals surface area contributed by atoms with Crippen LogP contribution in [-0.2, 0) is 4.79 Å². The van der Waals surface area contributed by atoms with Gasteiger partial charge < -0.3 is 5.11 Å². The molecule has 0 aromatic carbocycles. The highest BCUT2D eigenvalue weighted by molar-refractivity contribution is 5.66. The molecule has 76 valence electrons. The summed E-state index contributed by atoms with van der Waals surface area (Å²) >= 11 is 0. The predicted octanol–water partition coefficient (Wildman–Crippen LogP) is 3.38. The Morgan fingerprint density at radius 3 is 2.54 bits per heavy atom. The highest BCUT2D eigenvalue weighted by atomic mass is 16.4. The van der Waals surface area contributed by atoms with Gasteiger partial charge in [-0.1, -0.05) is 31.8 Å². The van der Waals surface area contributed by atoms with Crippen LogP contribution in [0.2, 0.25) is 0 Å². The zero-order valence-electron chi connectivity index (χ0n) is 11.9. The average Bonchev–Trinajstić information content (AvgIpc) is 2.22. The van der Waals surface area contributed by atoms with Gasteiger partial charge in [-0.05, 0) is 19.2 Å². The van der Waals surface area contributed by atoms with Crippen LogP contribution in [0.3, 0.4) is 0 Å². The first-order valence-electron chi connectivity index (χ1n) is 6.60. The molecule has 0 rings (SSSR count). The largest absolute Gasteiger partial charge is 0.481 e. The Balaban J connectivity index is 4.01. The van der Waals surface area contributed by atoms with Crippen molar-refractivity contribution in [3.8, 4) is 0 Å². The lowest BCUT2D eigenvalue weighted by molar-refractivity contribution is -0.137. The Bertz CT molecular complexity index is 264. The Kier molecular flexibility index (Phi) is 4.74. The molecule has 0 bridgehead atoms. The predicted molar refractivity (Wildman–Crippen MR) is 54.8 cm³/mol. The van der Waals surface area contributed by atoms with Crippen LogP contribution in [0.4, 0.5) is 0 Å². The second-order valence-electron chi connectivity index (χ2n) is 2.85. The van der Waals surface area contributed by atoms with Gasteiger partial charge in [-0.25, -0.2) is 0 Å². The fraction of sp³-hybridized carbons (Fsp3) is 0.727. The van der Waals surface area contributed by atoms with Crippen LogP contribution in [0.25, 0.3) is 0 Å². The molecule has 2 heteroatoms. The lowest BCUT2D eigenvalue weighted by atomic mass is 10.1. The molecule has 0 aromatic rings. The maximum absolute atomic E-state index is 10.6. The van der Waals surface area contributed by atoms with Crippen molar-refractivity contribution in [2.45, 2.75) is 51.3 Å². The van der Waals surface area contributed by atoms with Crippen molar-refractivity contribution in [3.05, 3.63) is 12.7 Å². The molecule has 0 aromatic heterocycles. The van der Waals surface area contributed by atoms with E-state index >= 15 is 0 Å². The van der Waals surface area contributed by atoms with Crippen LogP contribution >= 0.6 is 0 Å². The number of carboxylic acids is 1. The third kappa shape index (κ3) is 11.2. The third-order valence-electron chi connectivity index (χ3n) is 1.66. The fourth-order valence-corrected chi connectivity index (χ4v) is 0.994. The molecule has 0 aliphatic rings. The first-order valence-corrected chi connectivity index (χ1v) is 4.60. The fourth-order valence-electron chi connectivity index (χ4n) is 0.994. The van der Waals surface area contributed by atoms with E-state index in [0.717, 1.165) is 25.7 Å². The van der Waals surface area contributed by atoms with Gasteiger partial charge in [-0.3, -0.25) is 4.79 Å². The van der Waals surface area contributed by atoms with E-state index in [1.165, 1.54) is 0 Å². The van der Waals surface area contributed by atoms with Crippen molar-refractivity contribution in [3.63, 3.8) is 0 Å². The van der Waals surface area contributed by atoms with E-state index in [4.69, 9.17) is 10.6 Å². The monoisotopic (exact) mass is 188 g/mol. The third-order valence-corrected chi connectivity index (χ3v) is 1.66. The summed E-state index contributed by atoms with van der Waals surface area (Å²) in [7, 11) is 0. The van der Waals surface area contributed by atoms with Crippen LogP contribution < -0.4 is 0 Å². The molecule has 0 radical (unpaired) electrons. The van der Waals surface area contributed by atoms with Gasteiger partial charge in [0.15, 0.2) is 0 Å². The highest BCUT2D eigenvalue weighted by Crippen LogP contribution is 2.08. The molecule has 0 aliphatic heterocycles. The number of unbranched alkanes of at least 4 members (excludes halogenated alkanes) is 4. The Morgan fingerprint density at radius 2 is 1.92 bits per heavy atom. The minimum atomic E-state index is -2.83. The normalized spacial score (nSPS) is 16.6. The standard InChI is InChI=1S/C11H20O2/c1-2-3-4-5-6-7-8-9-10-11(12)13/h2H,1,3-10H2,(H,12,13)/i9D2,10D2. The second-order valence-corrected chi connectivity index (χ2v) is 2.85. The van der Waals surface area contributed by atoms with E-state index in [1.54, 1.807) is 0 Å². The van der Waals surface area contributed by atoms with E-state index in [0.29, 0.717) is 6.42 Å². The zero-order chi connectivity index (χ0) is 13.5. The number of carboxylic acid groups (broad SMARTS) is 1. The smallest absolute Gasteiger partial charge is 0.303 e. The molecule has 0 amide bonds. The van der Waals surface area contributed by atoms with Gasteiger partial charge in [-0.2, -0.15) is 0 Å². The molecular formula is C11H20O2. The van der Waals surface area contributed by atoms with Crippen molar-refractivity contribution >= 4 is 5.97 Å². The van der Waals surface area contributed by atoms with Gasteiger partial charge in [-0.15, -0.1) is 6.58 Å². The summed E-state index contributed by atoms with van der Waals surface area (Å²) in [6.45, 7) is 3.59. The topological polar surface area (TPSA) is 37.3 Å². The number of allylic oxidation sites excluding steroid dienone is 1. The van der Waals surface area contributed by atoms with Crippen LogP contribution in [-0.4, -0.2) is 11.1 Å². The van der Waals surface area contributed by atoms with Crippen molar-refractivity contribution in [2.24, 2.45) is 0 Å². The Labute approximate surface area is 86.3 Å². The van der Waals surface area contributed by atoms with Crippen molar-refractivity contribution in [1.82, 2.24) is 0 Å². The van der Waals surface area contributed by atoms with E-state index in [-0.39, 0.29) is 6.42 Å². The molecule has 0 saturated heterocycles. The summed E-state index contributed by atoms with van der Waals surface area (Å²) in [6.07, 6.45) is 0.716.